The molecule has 0 spiro atoms. The molecular weight excluding hydrogens is 280 g/mol. The minimum absolute atomic E-state index is 0.118. The van der Waals surface area contributed by atoms with E-state index in [-0.39, 0.29) is 5.69 Å². The van der Waals surface area contributed by atoms with Crippen molar-refractivity contribution in [3.63, 3.8) is 0 Å². The van der Waals surface area contributed by atoms with Crippen molar-refractivity contribution in [3.05, 3.63) is 11.2 Å². The van der Waals surface area contributed by atoms with Crippen molar-refractivity contribution in [2.75, 3.05) is 38.3 Å². The zero-order valence-corrected chi connectivity index (χ0v) is 11.8. The average molecular weight is 294 g/mol. The number of anilines is 1. The summed E-state index contributed by atoms with van der Waals surface area (Å²) in [6.07, 6.45) is 0. The summed E-state index contributed by atoms with van der Waals surface area (Å²) in [6, 6.07) is 0. The highest BCUT2D eigenvalue weighted by molar-refractivity contribution is 7.17. The Kier molecular flexibility index (Phi) is 3.41. The van der Waals surface area contributed by atoms with Crippen LogP contribution in [-0.4, -0.2) is 49.3 Å². The number of amides is 1. The predicted octanol–water partition coefficient (Wildman–Crippen LogP) is 0.635. The minimum atomic E-state index is -0.619. The number of carbonyl (C=O) groups excluding carboxylic acids is 1. The summed E-state index contributed by atoms with van der Waals surface area (Å²) in [5.74, 6) is 0.442. The molecule has 2 aromatic heterocycles. The number of hydrogen-bond donors (Lipinski definition) is 1. The van der Waals surface area contributed by atoms with Crippen LogP contribution in [0.1, 0.15) is 10.5 Å². The summed E-state index contributed by atoms with van der Waals surface area (Å²) in [5, 5.41) is 0. The predicted molar refractivity (Wildman–Crippen MR) is 75.5 cm³/mol. The van der Waals surface area contributed by atoms with Gasteiger partial charge in [0.1, 0.15) is 16.0 Å². The van der Waals surface area contributed by atoms with Gasteiger partial charge in [-0.25, -0.2) is 9.97 Å². The first-order chi connectivity index (χ1) is 9.72. The first-order valence-corrected chi connectivity index (χ1v) is 7.04. The molecule has 0 unspecified atom stereocenters. The summed E-state index contributed by atoms with van der Waals surface area (Å²) in [5.41, 5.74) is 7.86. The van der Waals surface area contributed by atoms with Crippen molar-refractivity contribution in [3.8, 4) is 5.75 Å². The molecule has 1 aliphatic rings. The number of fused-ring (bicyclic) bond motifs is 1. The van der Waals surface area contributed by atoms with Crippen molar-refractivity contribution in [2.24, 2.45) is 5.73 Å². The van der Waals surface area contributed by atoms with Crippen molar-refractivity contribution >= 4 is 33.3 Å². The lowest BCUT2D eigenvalue weighted by Gasteiger charge is -2.28. The van der Waals surface area contributed by atoms with Gasteiger partial charge in [0.05, 0.1) is 25.8 Å². The van der Waals surface area contributed by atoms with Gasteiger partial charge in [-0.1, -0.05) is 0 Å². The summed E-state index contributed by atoms with van der Waals surface area (Å²) in [4.78, 5) is 22.4. The number of carbonyl (C=O) groups is 1. The third-order valence-electron chi connectivity index (χ3n) is 3.17. The molecule has 1 aliphatic heterocycles. The van der Waals surface area contributed by atoms with Gasteiger partial charge in [0, 0.05) is 13.1 Å². The molecule has 20 heavy (non-hydrogen) atoms. The van der Waals surface area contributed by atoms with Gasteiger partial charge in [-0.3, -0.25) is 4.79 Å². The molecule has 0 bridgehead atoms. The molecule has 0 saturated carbocycles. The molecule has 0 radical (unpaired) electrons. The SMILES string of the molecule is COc1c(C(N)=O)nc(N2CCOCC2)c2scnc12. The summed E-state index contributed by atoms with van der Waals surface area (Å²) >= 11 is 1.47. The summed E-state index contributed by atoms with van der Waals surface area (Å²) in [7, 11) is 1.48. The smallest absolute Gasteiger partial charge is 0.271 e. The second-order valence-corrected chi connectivity index (χ2v) is 5.17. The maximum atomic E-state index is 11.6. The van der Waals surface area contributed by atoms with E-state index in [0.717, 1.165) is 23.6 Å². The van der Waals surface area contributed by atoms with E-state index in [0.29, 0.717) is 24.5 Å². The fourth-order valence-corrected chi connectivity index (χ4v) is 3.04. The molecule has 1 saturated heterocycles. The maximum absolute atomic E-state index is 11.6. The molecule has 0 atom stereocenters. The number of morpholine rings is 1. The Labute approximate surface area is 119 Å². The van der Waals surface area contributed by atoms with Crippen LogP contribution in [0.15, 0.2) is 5.51 Å². The fraction of sp³-hybridized carbons (Fsp3) is 0.417. The van der Waals surface area contributed by atoms with E-state index in [2.05, 4.69) is 14.9 Å². The third-order valence-corrected chi connectivity index (χ3v) is 3.99. The van der Waals surface area contributed by atoms with Crippen molar-refractivity contribution in [1.82, 2.24) is 9.97 Å². The van der Waals surface area contributed by atoms with E-state index < -0.39 is 5.91 Å². The second-order valence-electron chi connectivity index (χ2n) is 4.31. The highest BCUT2D eigenvalue weighted by Gasteiger charge is 2.24. The Morgan fingerprint density at radius 2 is 2.25 bits per heavy atom. The van der Waals surface area contributed by atoms with E-state index in [1.54, 1.807) is 5.51 Å². The zero-order chi connectivity index (χ0) is 14.1. The molecule has 3 rings (SSSR count). The molecule has 7 nitrogen and oxygen atoms in total. The van der Waals surface area contributed by atoms with Crippen LogP contribution < -0.4 is 15.4 Å². The minimum Gasteiger partial charge on any atom is -0.492 e. The molecule has 1 fully saturated rings. The van der Waals surface area contributed by atoms with Crippen LogP contribution in [0, 0.1) is 0 Å². The number of rotatable bonds is 3. The Hall–Kier alpha value is -1.93. The van der Waals surface area contributed by atoms with Crippen LogP contribution in [0.25, 0.3) is 10.2 Å². The lowest BCUT2D eigenvalue weighted by atomic mass is 10.2. The largest absolute Gasteiger partial charge is 0.492 e. The Morgan fingerprint density at radius 1 is 1.50 bits per heavy atom. The number of ether oxygens (including phenoxy) is 2. The average Bonchev–Trinajstić information content (AvgIpc) is 2.95. The van der Waals surface area contributed by atoms with Gasteiger partial charge in [-0.2, -0.15) is 0 Å². The summed E-state index contributed by atoms with van der Waals surface area (Å²) < 4.78 is 11.5. The van der Waals surface area contributed by atoms with Crippen molar-refractivity contribution in [1.29, 1.82) is 0 Å². The Bertz CT molecular complexity index is 651. The molecular formula is C12H14N4O3S. The van der Waals surface area contributed by atoms with E-state index in [1.807, 2.05) is 0 Å². The van der Waals surface area contributed by atoms with Crippen molar-refractivity contribution < 1.29 is 14.3 Å². The number of pyridine rings is 1. The molecule has 8 heteroatoms. The number of thiazole rings is 1. The van der Waals surface area contributed by atoms with Gasteiger partial charge in [0.25, 0.3) is 5.91 Å². The van der Waals surface area contributed by atoms with E-state index in [4.69, 9.17) is 15.2 Å². The van der Waals surface area contributed by atoms with Crippen LogP contribution in [-0.2, 0) is 4.74 Å². The molecule has 0 aliphatic carbocycles. The van der Waals surface area contributed by atoms with Crippen LogP contribution >= 0.6 is 11.3 Å². The lowest BCUT2D eigenvalue weighted by Crippen LogP contribution is -2.37. The van der Waals surface area contributed by atoms with E-state index in [9.17, 15) is 4.79 Å². The number of nitrogens with zero attached hydrogens (tertiary/aromatic N) is 3. The summed E-state index contributed by atoms with van der Waals surface area (Å²) in [6.45, 7) is 2.73. The van der Waals surface area contributed by atoms with Gasteiger partial charge in [-0.05, 0) is 0 Å². The number of primary amides is 1. The topological polar surface area (TPSA) is 90.6 Å². The van der Waals surface area contributed by atoms with E-state index in [1.165, 1.54) is 18.4 Å². The number of aromatic nitrogens is 2. The molecule has 2 N–H and O–H groups in total. The first kappa shape index (κ1) is 13.1. The standard InChI is InChI=1S/C12H14N4O3S/c1-18-9-7-10(20-6-14-7)12(15-8(9)11(13)17)16-2-4-19-5-3-16/h6H,2-5H2,1H3,(H2,13,17). The fourth-order valence-electron chi connectivity index (χ4n) is 2.24. The Balaban J connectivity index is 2.20. The highest BCUT2D eigenvalue weighted by Crippen LogP contribution is 2.36. The molecule has 0 aromatic carbocycles. The molecule has 1 amide bonds. The van der Waals surface area contributed by atoms with Crippen molar-refractivity contribution in [2.45, 2.75) is 0 Å². The third kappa shape index (κ3) is 2.06. The lowest BCUT2D eigenvalue weighted by molar-refractivity contribution is 0.0992. The van der Waals surface area contributed by atoms with Gasteiger partial charge in [0.2, 0.25) is 0 Å². The van der Waals surface area contributed by atoms with Crippen LogP contribution in [0.3, 0.4) is 0 Å². The van der Waals surface area contributed by atoms with Gasteiger partial charge < -0.3 is 20.1 Å². The number of hydrogen-bond acceptors (Lipinski definition) is 7. The normalized spacial score (nSPS) is 15.6. The maximum Gasteiger partial charge on any atom is 0.271 e. The van der Waals surface area contributed by atoms with Gasteiger partial charge in [0.15, 0.2) is 11.4 Å². The monoisotopic (exact) mass is 294 g/mol. The highest BCUT2D eigenvalue weighted by atomic mass is 32.1. The molecule has 3 heterocycles. The van der Waals surface area contributed by atoms with E-state index >= 15 is 0 Å². The number of nitrogens with two attached hydrogens (primary N) is 1. The molecule has 2 aromatic rings. The number of methoxy groups -OCH3 is 1. The van der Waals surface area contributed by atoms with Gasteiger partial charge >= 0.3 is 0 Å². The first-order valence-electron chi connectivity index (χ1n) is 6.16. The van der Waals surface area contributed by atoms with Gasteiger partial charge in [-0.15, -0.1) is 11.3 Å². The van der Waals surface area contributed by atoms with Crippen LogP contribution in [0.5, 0.6) is 5.75 Å². The zero-order valence-electron chi connectivity index (χ0n) is 11.0. The quantitative estimate of drug-likeness (QED) is 0.893. The Morgan fingerprint density at radius 3 is 2.90 bits per heavy atom. The second kappa shape index (κ2) is 5.22. The molecule has 106 valence electrons. The van der Waals surface area contributed by atoms with Crippen LogP contribution in [0.4, 0.5) is 5.82 Å². The van der Waals surface area contributed by atoms with Crippen LogP contribution in [0.2, 0.25) is 0 Å².